The van der Waals surface area contributed by atoms with Crippen LogP contribution in [0.5, 0.6) is 0 Å². The molecule has 1 aromatic rings. The van der Waals surface area contributed by atoms with Crippen LogP contribution in [0.3, 0.4) is 0 Å². The van der Waals surface area contributed by atoms with Crippen LogP contribution in [0.25, 0.3) is 0 Å². The molecule has 0 fully saturated rings. The molecule has 1 aromatic heterocycles. The third-order valence-electron chi connectivity index (χ3n) is 4.45. The maximum absolute atomic E-state index is 6.00. The molecule has 0 aliphatic carbocycles. The van der Waals surface area contributed by atoms with Crippen LogP contribution in [0, 0.1) is 0 Å². The molecule has 128 valence electrons. The first-order valence-electron chi connectivity index (χ1n) is 9.52. The van der Waals surface area contributed by atoms with Crippen molar-refractivity contribution < 1.29 is 0 Å². The zero-order chi connectivity index (χ0) is 15.9. The van der Waals surface area contributed by atoms with Crippen molar-refractivity contribution in [1.29, 1.82) is 0 Å². The Morgan fingerprint density at radius 1 is 0.773 bits per heavy atom. The van der Waals surface area contributed by atoms with Crippen LogP contribution in [-0.4, -0.2) is 10.2 Å². The van der Waals surface area contributed by atoms with Gasteiger partial charge in [0.25, 0.3) is 0 Å². The lowest BCUT2D eigenvalue weighted by Crippen LogP contribution is -1.88. The molecule has 0 unspecified atom stereocenters. The number of hydrogen-bond donors (Lipinski definition) is 1. The third kappa shape index (κ3) is 10.3. The Hall–Kier alpha value is -0.500. The van der Waals surface area contributed by atoms with Crippen LogP contribution in [0.15, 0.2) is 6.20 Å². The minimum Gasteiger partial charge on any atom is -0.281 e. The van der Waals surface area contributed by atoms with Gasteiger partial charge in [0.2, 0.25) is 0 Å². The highest BCUT2D eigenvalue weighted by atomic mass is 35.5. The van der Waals surface area contributed by atoms with Gasteiger partial charge >= 0.3 is 0 Å². The lowest BCUT2D eigenvalue weighted by atomic mass is 10.0. The number of halogens is 1. The Morgan fingerprint density at radius 2 is 1.23 bits per heavy atom. The molecule has 0 saturated heterocycles. The van der Waals surface area contributed by atoms with Gasteiger partial charge in [-0.05, 0) is 12.8 Å². The van der Waals surface area contributed by atoms with Crippen LogP contribution in [0.1, 0.15) is 103 Å². The second-order valence-corrected chi connectivity index (χ2v) is 6.95. The van der Waals surface area contributed by atoms with Gasteiger partial charge in [0.05, 0.1) is 16.9 Å². The molecule has 1 N–H and O–H groups in total. The van der Waals surface area contributed by atoms with Gasteiger partial charge in [-0.2, -0.15) is 5.10 Å². The topological polar surface area (TPSA) is 28.7 Å². The average molecular weight is 327 g/mol. The normalized spacial score (nSPS) is 11.2. The van der Waals surface area contributed by atoms with Gasteiger partial charge in [0.1, 0.15) is 0 Å². The van der Waals surface area contributed by atoms with Crippen molar-refractivity contribution in [3.63, 3.8) is 0 Å². The first kappa shape index (κ1) is 19.5. The molecule has 22 heavy (non-hydrogen) atoms. The number of rotatable bonds is 15. The summed E-state index contributed by atoms with van der Waals surface area (Å²) in [5.74, 6) is 0. The molecule has 0 aliphatic rings. The Bertz CT molecular complexity index is 349. The van der Waals surface area contributed by atoms with E-state index in [0.717, 1.165) is 17.1 Å². The quantitative estimate of drug-likeness (QED) is 0.342. The van der Waals surface area contributed by atoms with Crippen LogP contribution < -0.4 is 0 Å². The van der Waals surface area contributed by atoms with E-state index in [0.29, 0.717) is 0 Å². The Morgan fingerprint density at radius 3 is 1.64 bits per heavy atom. The first-order valence-corrected chi connectivity index (χ1v) is 9.90. The predicted octanol–water partition coefficient (Wildman–Crippen LogP) is 7.09. The molecule has 0 aliphatic heterocycles. The lowest BCUT2D eigenvalue weighted by Gasteiger charge is -2.03. The second kappa shape index (κ2) is 14.1. The van der Waals surface area contributed by atoms with E-state index in [1.165, 1.54) is 89.9 Å². The molecule has 0 saturated carbocycles. The van der Waals surface area contributed by atoms with Crippen LogP contribution in [-0.2, 0) is 6.42 Å². The van der Waals surface area contributed by atoms with Gasteiger partial charge in [-0.15, -0.1) is 0 Å². The minimum atomic E-state index is 0.787. The van der Waals surface area contributed by atoms with Crippen LogP contribution in [0.2, 0.25) is 5.02 Å². The molecule has 0 aromatic carbocycles. The molecular formula is C19H35ClN2. The molecule has 2 nitrogen and oxygen atoms in total. The van der Waals surface area contributed by atoms with Crippen molar-refractivity contribution in [3.8, 4) is 0 Å². The highest BCUT2D eigenvalue weighted by Crippen LogP contribution is 2.16. The lowest BCUT2D eigenvalue weighted by molar-refractivity contribution is 0.535. The fraction of sp³-hybridized carbons (Fsp3) is 0.842. The van der Waals surface area contributed by atoms with Crippen molar-refractivity contribution >= 4 is 11.6 Å². The van der Waals surface area contributed by atoms with Crippen molar-refractivity contribution in [3.05, 3.63) is 16.9 Å². The molecular weight excluding hydrogens is 292 g/mol. The fourth-order valence-corrected chi connectivity index (χ4v) is 3.16. The summed E-state index contributed by atoms with van der Waals surface area (Å²) in [6.07, 6.45) is 22.4. The molecule has 3 heteroatoms. The summed E-state index contributed by atoms with van der Waals surface area (Å²) in [5.41, 5.74) is 1.10. The average Bonchev–Trinajstić information content (AvgIpc) is 2.93. The molecule has 0 spiro atoms. The summed E-state index contributed by atoms with van der Waals surface area (Å²) in [4.78, 5) is 0. The first-order chi connectivity index (χ1) is 10.8. The summed E-state index contributed by atoms with van der Waals surface area (Å²) in [7, 11) is 0. The minimum absolute atomic E-state index is 0.787. The van der Waals surface area contributed by atoms with Crippen molar-refractivity contribution in [2.75, 3.05) is 0 Å². The number of aromatic nitrogens is 2. The zero-order valence-electron chi connectivity index (χ0n) is 14.5. The fourth-order valence-electron chi connectivity index (χ4n) is 2.97. The summed E-state index contributed by atoms with van der Waals surface area (Å²) < 4.78 is 0. The third-order valence-corrected chi connectivity index (χ3v) is 4.77. The second-order valence-electron chi connectivity index (χ2n) is 6.54. The number of hydrogen-bond acceptors (Lipinski definition) is 1. The number of nitrogens with zero attached hydrogens (tertiary/aromatic N) is 1. The van der Waals surface area contributed by atoms with Gasteiger partial charge < -0.3 is 0 Å². The number of aryl methyl sites for hydroxylation is 1. The summed E-state index contributed by atoms with van der Waals surface area (Å²) in [6, 6.07) is 0. The maximum atomic E-state index is 6.00. The summed E-state index contributed by atoms with van der Waals surface area (Å²) >= 11 is 6.00. The van der Waals surface area contributed by atoms with Crippen molar-refractivity contribution in [2.24, 2.45) is 0 Å². The Kier molecular flexibility index (Phi) is 12.5. The SMILES string of the molecule is CCCCCCCCCCCCCCCCc1[nH]ncc1Cl. The van der Waals surface area contributed by atoms with E-state index in [4.69, 9.17) is 11.6 Å². The maximum Gasteiger partial charge on any atom is 0.0815 e. The number of unbranched alkanes of at least 4 members (excludes halogenated alkanes) is 13. The Balaban J connectivity index is 1.74. The highest BCUT2D eigenvalue weighted by Gasteiger charge is 2.01. The van der Waals surface area contributed by atoms with Gasteiger partial charge in [-0.25, -0.2) is 0 Å². The molecule has 0 bridgehead atoms. The summed E-state index contributed by atoms with van der Waals surface area (Å²) in [5, 5.41) is 7.71. The summed E-state index contributed by atoms with van der Waals surface area (Å²) in [6.45, 7) is 2.28. The van der Waals surface area contributed by atoms with Gasteiger partial charge in [0, 0.05) is 0 Å². The number of aromatic amines is 1. The van der Waals surface area contributed by atoms with E-state index >= 15 is 0 Å². The van der Waals surface area contributed by atoms with E-state index in [9.17, 15) is 0 Å². The molecule has 0 amide bonds. The monoisotopic (exact) mass is 326 g/mol. The zero-order valence-corrected chi connectivity index (χ0v) is 15.3. The molecule has 1 heterocycles. The standard InChI is InChI=1S/C19H35ClN2/c1-2-3-4-5-6-7-8-9-10-11-12-13-14-15-16-19-18(20)17-21-22-19/h17H,2-16H2,1H3,(H,21,22). The van der Waals surface area contributed by atoms with Crippen LogP contribution in [0.4, 0.5) is 0 Å². The van der Waals surface area contributed by atoms with Crippen LogP contribution >= 0.6 is 11.6 Å². The highest BCUT2D eigenvalue weighted by molar-refractivity contribution is 6.31. The van der Waals surface area contributed by atoms with Gasteiger partial charge in [-0.3, -0.25) is 5.10 Å². The van der Waals surface area contributed by atoms with Crippen molar-refractivity contribution in [2.45, 2.75) is 103 Å². The van der Waals surface area contributed by atoms with E-state index in [2.05, 4.69) is 17.1 Å². The predicted molar refractivity (Wildman–Crippen MR) is 97.6 cm³/mol. The molecule has 0 radical (unpaired) electrons. The van der Waals surface area contributed by atoms with E-state index < -0.39 is 0 Å². The smallest absolute Gasteiger partial charge is 0.0815 e. The van der Waals surface area contributed by atoms with Gasteiger partial charge in [0.15, 0.2) is 0 Å². The van der Waals surface area contributed by atoms with E-state index in [-0.39, 0.29) is 0 Å². The van der Waals surface area contributed by atoms with E-state index in [1.54, 1.807) is 6.20 Å². The number of H-pyrrole nitrogens is 1. The molecule has 0 atom stereocenters. The van der Waals surface area contributed by atoms with E-state index in [1.807, 2.05) is 0 Å². The van der Waals surface area contributed by atoms with Crippen molar-refractivity contribution in [1.82, 2.24) is 10.2 Å². The van der Waals surface area contributed by atoms with Gasteiger partial charge in [-0.1, -0.05) is 102 Å². The number of nitrogens with one attached hydrogen (secondary N) is 1. The Labute approximate surface area is 142 Å². The molecule has 1 rings (SSSR count). The largest absolute Gasteiger partial charge is 0.281 e.